The molecule has 0 saturated carbocycles. The SMILES string of the molecule is O=C(CCSCCC(=O)NCc1nc2ccccc2[nH]1)NCc1nc2ccccc2[nH]1. The molecule has 2 amide bonds. The van der Waals surface area contributed by atoms with E-state index in [0.717, 1.165) is 33.7 Å². The second-order valence-corrected chi connectivity index (χ2v) is 8.29. The number of thioether (sulfide) groups is 1. The topological polar surface area (TPSA) is 116 Å². The van der Waals surface area contributed by atoms with E-state index >= 15 is 0 Å². The molecule has 0 aliphatic heterocycles. The highest BCUT2D eigenvalue weighted by Crippen LogP contribution is 2.11. The van der Waals surface area contributed by atoms with Gasteiger partial charge in [0.25, 0.3) is 0 Å². The number of hydrogen-bond donors (Lipinski definition) is 4. The molecule has 160 valence electrons. The molecule has 2 aromatic heterocycles. The van der Waals surface area contributed by atoms with Crippen molar-refractivity contribution >= 4 is 45.6 Å². The Morgan fingerprint density at radius 1 is 0.742 bits per heavy atom. The molecule has 4 aromatic rings. The highest BCUT2D eigenvalue weighted by molar-refractivity contribution is 7.99. The summed E-state index contributed by atoms with van der Waals surface area (Å²) in [5, 5.41) is 5.75. The number of nitrogens with zero attached hydrogens (tertiary/aromatic N) is 2. The van der Waals surface area contributed by atoms with Crippen molar-refractivity contribution in [3.63, 3.8) is 0 Å². The smallest absolute Gasteiger partial charge is 0.221 e. The van der Waals surface area contributed by atoms with Crippen molar-refractivity contribution in [2.24, 2.45) is 0 Å². The maximum atomic E-state index is 12.0. The molecule has 0 saturated heterocycles. The summed E-state index contributed by atoms with van der Waals surface area (Å²) in [6.07, 6.45) is 0.816. The lowest BCUT2D eigenvalue weighted by atomic mass is 10.3. The molecule has 0 spiro atoms. The molecular formula is C22H24N6O2S. The first kappa shape index (κ1) is 20.9. The van der Waals surface area contributed by atoms with Gasteiger partial charge in [-0.3, -0.25) is 9.59 Å². The molecule has 2 heterocycles. The van der Waals surface area contributed by atoms with Crippen molar-refractivity contribution < 1.29 is 9.59 Å². The number of H-pyrrole nitrogens is 2. The molecule has 0 aliphatic rings. The van der Waals surface area contributed by atoms with E-state index in [1.54, 1.807) is 11.8 Å². The predicted molar refractivity (Wildman–Crippen MR) is 122 cm³/mol. The summed E-state index contributed by atoms with van der Waals surface area (Å²) in [5.41, 5.74) is 3.70. The molecule has 9 heteroatoms. The number of rotatable bonds is 10. The minimum atomic E-state index is -0.0257. The van der Waals surface area contributed by atoms with Crippen LogP contribution in [0.3, 0.4) is 0 Å². The number of imidazole rings is 2. The average molecular weight is 437 g/mol. The zero-order valence-electron chi connectivity index (χ0n) is 17.0. The molecule has 2 aromatic carbocycles. The largest absolute Gasteiger partial charge is 0.349 e. The average Bonchev–Trinajstić information content (AvgIpc) is 3.39. The van der Waals surface area contributed by atoms with Gasteiger partial charge in [-0.2, -0.15) is 11.8 Å². The van der Waals surface area contributed by atoms with Gasteiger partial charge in [-0.15, -0.1) is 0 Å². The molecule has 0 aliphatic carbocycles. The monoisotopic (exact) mass is 436 g/mol. The summed E-state index contributed by atoms with van der Waals surface area (Å²) in [5.74, 6) is 2.77. The maximum Gasteiger partial charge on any atom is 0.221 e. The molecule has 4 rings (SSSR count). The Balaban J connectivity index is 1.07. The summed E-state index contributed by atoms with van der Waals surface area (Å²) < 4.78 is 0. The fourth-order valence-electron chi connectivity index (χ4n) is 3.15. The second-order valence-electron chi connectivity index (χ2n) is 7.07. The predicted octanol–water partition coefficient (Wildman–Crippen LogP) is 2.89. The van der Waals surface area contributed by atoms with Gasteiger partial charge in [0.15, 0.2) is 0 Å². The third-order valence-corrected chi connectivity index (χ3v) is 5.72. The van der Waals surface area contributed by atoms with Gasteiger partial charge in [-0.1, -0.05) is 24.3 Å². The molecular weight excluding hydrogens is 412 g/mol. The Hall–Kier alpha value is -3.33. The van der Waals surface area contributed by atoms with Crippen LogP contribution in [0.5, 0.6) is 0 Å². The van der Waals surface area contributed by atoms with Crippen LogP contribution >= 0.6 is 11.8 Å². The van der Waals surface area contributed by atoms with E-state index in [0.29, 0.717) is 37.4 Å². The second kappa shape index (κ2) is 10.1. The molecule has 4 N–H and O–H groups in total. The van der Waals surface area contributed by atoms with E-state index < -0.39 is 0 Å². The van der Waals surface area contributed by atoms with Gasteiger partial charge in [-0.05, 0) is 24.3 Å². The van der Waals surface area contributed by atoms with Crippen LogP contribution in [0.4, 0.5) is 0 Å². The number of benzene rings is 2. The number of nitrogens with one attached hydrogen (secondary N) is 4. The fraction of sp³-hybridized carbons (Fsp3) is 0.273. The summed E-state index contributed by atoms with van der Waals surface area (Å²) in [6.45, 7) is 0.755. The first-order chi connectivity index (χ1) is 15.2. The van der Waals surface area contributed by atoms with Crippen LogP contribution in [0.15, 0.2) is 48.5 Å². The molecule has 8 nitrogen and oxygen atoms in total. The Kier molecular flexibility index (Phi) is 6.83. The highest BCUT2D eigenvalue weighted by atomic mass is 32.2. The Morgan fingerprint density at radius 2 is 1.19 bits per heavy atom. The van der Waals surface area contributed by atoms with Crippen molar-refractivity contribution in [3.8, 4) is 0 Å². The van der Waals surface area contributed by atoms with E-state index in [1.807, 2.05) is 48.5 Å². The van der Waals surface area contributed by atoms with E-state index in [1.165, 1.54) is 0 Å². The van der Waals surface area contributed by atoms with Crippen LogP contribution in [0.2, 0.25) is 0 Å². The van der Waals surface area contributed by atoms with Gasteiger partial charge in [0.05, 0.1) is 35.2 Å². The minimum absolute atomic E-state index is 0.0257. The van der Waals surface area contributed by atoms with Crippen molar-refractivity contribution in [2.45, 2.75) is 25.9 Å². The third kappa shape index (κ3) is 5.85. The van der Waals surface area contributed by atoms with Crippen LogP contribution < -0.4 is 10.6 Å². The lowest BCUT2D eigenvalue weighted by molar-refractivity contribution is -0.121. The number of amides is 2. The van der Waals surface area contributed by atoms with Gasteiger partial charge >= 0.3 is 0 Å². The first-order valence-electron chi connectivity index (χ1n) is 10.2. The Labute approximate surface area is 183 Å². The molecule has 31 heavy (non-hydrogen) atoms. The molecule has 0 bridgehead atoms. The van der Waals surface area contributed by atoms with Crippen LogP contribution in [0.25, 0.3) is 22.1 Å². The number of hydrogen-bond acceptors (Lipinski definition) is 5. The number of carbonyl (C=O) groups is 2. The standard InChI is InChI=1S/C22H24N6O2S/c29-21(23-13-19-25-15-5-1-2-6-16(15)26-19)9-11-31-12-10-22(30)24-14-20-27-17-7-3-4-8-18(17)28-20/h1-8H,9-14H2,(H,23,29)(H,24,30)(H,25,26)(H,27,28). The van der Waals surface area contributed by atoms with E-state index in [-0.39, 0.29) is 11.8 Å². The number of aromatic nitrogens is 4. The van der Waals surface area contributed by atoms with Crippen molar-refractivity contribution in [1.82, 2.24) is 30.6 Å². The maximum absolute atomic E-state index is 12.0. The van der Waals surface area contributed by atoms with Crippen LogP contribution in [0, 0.1) is 0 Å². The normalized spacial score (nSPS) is 11.1. The first-order valence-corrected chi connectivity index (χ1v) is 11.3. The van der Waals surface area contributed by atoms with E-state index in [2.05, 4.69) is 30.6 Å². The van der Waals surface area contributed by atoms with Gasteiger partial charge in [0.2, 0.25) is 11.8 Å². The van der Waals surface area contributed by atoms with Crippen LogP contribution in [-0.2, 0) is 22.7 Å². The molecule has 0 unspecified atom stereocenters. The lowest BCUT2D eigenvalue weighted by Gasteiger charge is -2.05. The fourth-order valence-corrected chi connectivity index (χ4v) is 4.02. The van der Waals surface area contributed by atoms with Crippen LogP contribution in [-0.4, -0.2) is 43.3 Å². The van der Waals surface area contributed by atoms with Crippen molar-refractivity contribution in [1.29, 1.82) is 0 Å². The van der Waals surface area contributed by atoms with Crippen LogP contribution in [0.1, 0.15) is 24.5 Å². The summed E-state index contributed by atoms with van der Waals surface area (Å²) >= 11 is 1.59. The van der Waals surface area contributed by atoms with Gasteiger partial charge in [0.1, 0.15) is 11.6 Å². The van der Waals surface area contributed by atoms with E-state index in [9.17, 15) is 9.59 Å². The van der Waals surface area contributed by atoms with Crippen molar-refractivity contribution in [2.75, 3.05) is 11.5 Å². The highest BCUT2D eigenvalue weighted by Gasteiger charge is 2.07. The summed E-state index contributed by atoms with van der Waals surface area (Å²) in [6, 6.07) is 15.5. The van der Waals surface area contributed by atoms with Gasteiger partial charge in [-0.25, -0.2) is 9.97 Å². The zero-order valence-corrected chi connectivity index (χ0v) is 17.8. The summed E-state index contributed by atoms with van der Waals surface area (Å²) in [7, 11) is 0. The number of aromatic amines is 2. The van der Waals surface area contributed by atoms with Gasteiger partial charge < -0.3 is 20.6 Å². The third-order valence-electron chi connectivity index (χ3n) is 4.73. The Bertz CT molecular complexity index is 1030. The van der Waals surface area contributed by atoms with Gasteiger partial charge in [0, 0.05) is 24.3 Å². The lowest BCUT2D eigenvalue weighted by Crippen LogP contribution is -2.24. The van der Waals surface area contributed by atoms with E-state index in [4.69, 9.17) is 0 Å². The molecule has 0 atom stereocenters. The molecule has 0 radical (unpaired) electrons. The number of fused-ring (bicyclic) bond motifs is 2. The molecule has 0 fully saturated rings. The quantitative estimate of drug-likeness (QED) is 0.285. The van der Waals surface area contributed by atoms with Crippen molar-refractivity contribution in [3.05, 3.63) is 60.2 Å². The minimum Gasteiger partial charge on any atom is -0.349 e. The summed E-state index contributed by atoms with van der Waals surface area (Å²) in [4.78, 5) is 39.3. The number of carbonyl (C=O) groups excluding carboxylic acids is 2. The zero-order chi connectivity index (χ0) is 21.5. The Morgan fingerprint density at radius 3 is 1.65 bits per heavy atom. The number of para-hydroxylation sites is 4.